The van der Waals surface area contributed by atoms with Crippen LogP contribution in [0.25, 0.3) is 0 Å². The lowest BCUT2D eigenvalue weighted by molar-refractivity contribution is 0.104. The molecule has 0 aliphatic rings. The Morgan fingerprint density at radius 3 is 2.32 bits per heavy atom. The second-order valence-electron chi connectivity index (χ2n) is 5.31. The number of hydrogen-bond acceptors (Lipinski definition) is 7. The van der Waals surface area contributed by atoms with Crippen LogP contribution in [-0.4, -0.2) is 38.1 Å². The van der Waals surface area contributed by atoms with Gasteiger partial charge in [0.1, 0.15) is 24.2 Å². The number of benzene rings is 2. The van der Waals surface area contributed by atoms with Gasteiger partial charge in [0.05, 0.1) is 33.6 Å². The Morgan fingerprint density at radius 2 is 1.72 bits per heavy atom. The highest BCUT2D eigenvalue weighted by Crippen LogP contribution is 2.36. The standard InChI is InChI=1S/C18H23NO6/c1-22-12-4-5-16(23-2)13(8-12)15(21)10-25-18-14(19)6-11(9-20)7-17(18)24-3/h4-8,15,20-21H,9-10,19H2,1-3H3. The second-order valence-corrected chi connectivity index (χ2v) is 5.31. The van der Waals surface area contributed by atoms with Crippen LogP contribution in [0.2, 0.25) is 0 Å². The van der Waals surface area contributed by atoms with Crippen molar-refractivity contribution in [1.29, 1.82) is 0 Å². The van der Waals surface area contributed by atoms with E-state index in [-0.39, 0.29) is 13.2 Å². The fourth-order valence-corrected chi connectivity index (χ4v) is 2.43. The van der Waals surface area contributed by atoms with Crippen LogP contribution >= 0.6 is 0 Å². The number of anilines is 1. The SMILES string of the molecule is COc1ccc(OC)c(C(O)COc2c(N)cc(CO)cc2OC)c1. The zero-order valence-electron chi connectivity index (χ0n) is 14.5. The highest BCUT2D eigenvalue weighted by molar-refractivity contribution is 5.62. The maximum atomic E-state index is 10.5. The van der Waals surface area contributed by atoms with Gasteiger partial charge in [-0.05, 0) is 35.9 Å². The van der Waals surface area contributed by atoms with Crippen molar-refractivity contribution in [2.75, 3.05) is 33.7 Å². The van der Waals surface area contributed by atoms with E-state index in [0.717, 1.165) is 0 Å². The van der Waals surface area contributed by atoms with Crippen molar-refractivity contribution in [3.63, 3.8) is 0 Å². The molecule has 7 heteroatoms. The molecule has 0 amide bonds. The Hall–Kier alpha value is -2.64. The minimum atomic E-state index is -0.966. The van der Waals surface area contributed by atoms with Crippen LogP contribution in [-0.2, 0) is 6.61 Å². The average Bonchev–Trinajstić information content (AvgIpc) is 2.65. The van der Waals surface area contributed by atoms with Gasteiger partial charge in [0.15, 0.2) is 11.5 Å². The normalized spacial score (nSPS) is 11.7. The van der Waals surface area contributed by atoms with Gasteiger partial charge in [0.25, 0.3) is 0 Å². The molecule has 7 nitrogen and oxygen atoms in total. The molecule has 0 aliphatic heterocycles. The molecule has 1 atom stereocenters. The van der Waals surface area contributed by atoms with Gasteiger partial charge >= 0.3 is 0 Å². The summed E-state index contributed by atoms with van der Waals surface area (Å²) in [5.41, 5.74) is 7.41. The van der Waals surface area contributed by atoms with Crippen LogP contribution in [0.5, 0.6) is 23.0 Å². The van der Waals surface area contributed by atoms with E-state index in [1.165, 1.54) is 14.2 Å². The van der Waals surface area contributed by atoms with Crippen molar-refractivity contribution in [1.82, 2.24) is 0 Å². The summed E-state index contributed by atoms with van der Waals surface area (Å²) in [4.78, 5) is 0. The van der Waals surface area contributed by atoms with Gasteiger partial charge in [-0.25, -0.2) is 0 Å². The van der Waals surface area contributed by atoms with Gasteiger partial charge in [-0.1, -0.05) is 0 Å². The molecular weight excluding hydrogens is 326 g/mol. The summed E-state index contributed by atoms with van der Waals surface area (Å²) in [7, 11) is 4.54. The molecule has 2 aromatic carbocycles. The summed E-state index contributed by atoms with van der Waals surface area (Å²) in [6, 6.07) is 8.36. The average molecular weight is 349 g/mol. The quantitative estimate of drug-likeness (QED) is 0.625. The number of hydrogen-bond donors (Lipinski definition) is 3. The molecule has 0 radical (unpaired) electrons. The van der Waals surface area contributed by atoms with E-state index < -0.39 is 6.10 Å². The van der Waals surface area contributed by atoms with Gasteiger partial charge in [-0.15, -0.1) is 0 Å². The molecule has 136 valence electrons. The maximum absolute atomic E-state index is 10.5. The van der Waals surface area contributed by atoms with Gasteiger partial charge in [-0.3, -0.25) is 0 Å². The fraction of sp³-hybridized carbons (Fsp3) is 0.333. The van der Waals surface area contributed by atoms with E-state index in [2.05, 4.69) is 0 Å². The topological polar surface area (TPSA) is 103 Å². The molecule has 25 heavy (non-hydrogen) atoms. The van der Waals surface area contributed by atoms with Crippen LogP contribution in [0.3, 0.4) is 0 Å². The number of nitrogens with two attached hydrogens (primary N) is 1. The van der Waals surface area contributed by atoms with Crippen molar-refractivity contribution in [2.24, 2.45) is 0 Å². The Kier molecular flexibility index (Phi) is 6.32. The van der Waals surface area contributed by atoms with Gasteiger partial charge in [0.2, 0.25) is 0 Å². The van der Waals surface area contributed by atoms with Crippen molar-refractivity contribution in [3.05, 3.63) is 41.5 Å². The molecule has 0 fully saturated rings. The van der Waals surface area contributed by atoms with Gasteiger partial charge in [0, 0.05) is 5.56 Å². The number of methoxy groups -OCH3 is 3. The Bertz CT molecular complexity index is 719. The molecule has 0 bridgehead atoms. The third kappa shape index (κ3) is 4.26. The minimum Gasteiger partial charge on any atom is -0.497 e. The predicted octanol–water partition coefficient (Wildman–Crippen LogP) is 1.90. The summed E-state index contributed by atoms with van der Waals surface area (Å²) >= 11 is 0. The third-order valence-corrected chi connectivity index (χ3v) is 3.73. The lowest BCUT2D eigenvalue weighted by Gasteiger charge is -2.19. The van der Waals surface area contributed by atoms with E-state index in [4.69, 9.17) is 24.7 Å². The van der Waals surface area contributed by atoms with Gasteiger partial charge < -0.3 is 34.9 Å². The Labute approximate surface area is 146 Å². The van der Waals surface area contributed by atoms with E-state index in [0.29, 0.717) is 39.8 Å². The number of aliphatic hydroxyl groups excluding tert-OH is 2. The molecular formula is C18H23NO6. The molecule has 0 heterocycles. The number of rotatable bonds is 8. The smallest absolute Gasteiger partial charge is 0.184 e. The summed E-state index contributed by atoms with van der Waals surface area (Å²) in [5.74, 6) is 1.81. The molecule has 2 aromatic rings. The van der Waals surface area contributed by atoms with Crippen LogP contribution in [0.4, 0.5) is 5.69 Å². The van der Waals surface area contributed by atoms with Crippen LogP contribution in [0.15, 0.2) is 30.3 Å². The number of ether oxygens (including phenoxy) is 4. The molecule has 2 rings (SSSR count). The summed E-state index contributed by atoms with van der Waals surface area (Å²) in [6.45, 7) is -0.229. The summed E-state index contributed by atoms with van der Waals surface area (Å²) in [6.07, 6.45) is -0.966. The van der Waals surface area contributed by atoms with E-state index in [9.17, 15) is 10.2 Å². The molecule has 0 saturated heterocycles. The van der Waals surface area contributed by atoms with Crippen molar-refractivity contribution < 1.29 is 29.2 Å². The van der Waals surface area contributed by atoms with Crippen molar-refractivity contribution in [3.8, 4) is 23.0 Å². The summed E-state index contributed by atoms with van der Waals surface area (Å²) in [5, 5.41) is 19.7. The van der Waals surface area contributed by atoms with Crippen LogP contribution < -0.4 is 24.7 Å². The first-order valence-corrected chi connectivity index (χ1v) is 7.64. The largest absolute Gasteiger partial charge is 0.497 e. The molecule has 0 aliphatic carbocycles. The Morgan fingerprint density at radius 1 is 1.00 bits per heavy atom. The predicted molar refractivity (Wildman–Crippen MR) is 93.3 cm³/mol. The molecule has 0 spiro atoms. The summed E-state index contributed by atoms with van der Waals surface area (Å²) < 4.78 is 21.4. The number of aliphatic hydroxyl groups is 2. The lowest BCUT2D eigenvalue weighted by Crippen LogP contribution is -2.12. The second kappa shape index (κ2) is 8.46. The molecule has 0 saturated carbocycles. The zero-order chi connectivity index (χ0) is 18.4. The van der Waals surface area contributed by atoms with Crippen LogP contribution in [0, 0.1) is 0 Å². The number of nitrogen functional groups attached to an aromatic ring is 1. The first kappa shape index (κ1) is 18.7. The monoisotopic (exact) mass is 349 g/mol. The highest BCUT2D eigenvalue weighted by atomic mass is 16.5. The maximum Gasteiger partial charge on any atom is 0.184 e. The van der Waals surface area contributed by atoms with E-state index in [1.54, 1.807) is 37.4 Å². The minimum absolute atomic E-state index is 0.0669. The van der Waals surface area contributed by atoms with Gasteiger partial charge in [-0.2, -0.15) is 0 Å². The third-order valence-electron chi connectivity index (χ3n) is 3.73. The molecule has 0 aromatic heterocycles. The van der Waals surface area contributed by atoms with E-state index in [1.807, 2.05) is 0 Å². The van der Waals surface area contributed by atoms with Crippen molar-refractivity contribution >= 4 is 5.69 Å². The Balaban J connectivity index is 2.21. The fourth-order valence-electron chi connectivity index (χ4n) is 2.43. The highest BCUT2D eigenvalue weighted by Gasteiger charge is 2.18. The van der Waals surface area contributed by atoms with E-state index >= 15 is 0 Å². The van der Waals surface area contributed by atoms with Crippen LogP contribution in [0.1, 0.15) is 17.2 Å². The lowest BCUT2D eigenvalue weighted by atomic mass is 10.1. The molecule has 4 N–H and O–H groups in total. The van der Waals surface area contributed by atoms with Crippen molar-refractivity contribution in [2.45, 2.75) is 12.7 Å². The first-order valence-electron chi connectivity index (χ1n) is 7.64. The zero-order valence-corrected chi connectivity index (χ0v) is 14.5. The molecule has 1 unspecified atom stereocenters. The first-order chi connectivity index (χ1) is 12.0.